The molecule has 0 N–H and O–H groups in total. The van der Waals surface area contributed by atoms with Crippen LogP contribution in [-0.4, -0.2) is 0 Å². The summed E-state index contributed by atoms with van der Waals surface area (Å²) in [5, 5.41) is 0. The lowest BCUT2D eigenvalue weighted by Crippen LogP contribution is -1.88. The topological polar surface area (TPSA) is 0 Å². The van der Waals surface area contributed by atoms with E-state index in [0.29, 0.717) is 0 Å². The summed E-state index contributed by atoms with van der Waals surface area (Å²) < 4.78 is 0. The molecule has 0 atom stereocenters. The van der Waals surface area contributed by atoms with Crippen molar-refractivity contribution in [3.63, 3.8) is 0 Å². The van der Waals surface area contributed by atoms with Gasteiger partial charge in [-0.05, 0) is 39.9 Å². The van der Waals surface area contributed by atoms with Crippen LogP contribution in [0.2, 0.25) is 0 Å². The Balaban J connectivity index is 1.98. The van der Waals surface area contributed by atoms with E-state index in [1.54, 1.807) is 0 Å². The Morgan fingerprint density at radius 2 is 1.32 bits per heavy atom. The monoisotopic (exact) mass is 242 g/mol. The summed E-state index contributed by atoms with van der Waals surface area (Å²) >= 11 is 0. The van der Waals surface area contributed by atoms with Gasteiger partial charge in [-0.3, -0.25) is 0 Å². The van der Waals surface area contributed by atoms with E-state index in [4.69, 9.17) is 0 Å². The second kappa shape index (κ2) is 4.10. The van der Waals surface area contributed by atoms with Gasteiger partial charge in [0, 0.05) is 0 Å². The van der Waals surface area contributed by atoms with Gasteiger partial charge in [-0.15, -0.1) is 0 Å². The Morgan fingerprint density at radius 1 is 0.632 bits per heavy atom. The van der Waals surface area contributed by atoms with Crippen LogP contribution in [0, 0.1) is 0 Å². The Bertz CT molecular complexity index is 720. The molecule has 0 unspecified atom stereocenters. The fourth-order valence-electron chi connectivity index (χ4n) is 3.08. The van der Waals surface area contributed by atoms with Gasteiger partial charge in [0.15, 0.2) is 0 Å². The highest BCUT2D eigenvalue weighted by Crippen LogP contribution is 2.47. The Morgan fingerprint density at radius 3 is 2.16 bits per heavy atom. The van der Waals surface area contributed by atoms with E-state index in [1.165, 1.54) is 33.4 Å². The van der Waals surface area contributed by atoms with Gasteiger partial charge in [0.2, 0.25) is 0 Å². The van der Waals surface area contributed by atoms with Gasteiger partial charge < -0.3 is 0 Å². The van der Waals surface area contributed by atoms with Crippen molar-refractivity contribution in [1.82, 2.24) is 0 Å². The number of fused-ring (bicyclic) bond motifs is 2. The van der Waals surface area contributed by atoms with Crippen LogP contribution < -0.4 is 0 Å². The first-order valence-electron chi connectivity index (χ1n) is 6.71. The van der Waals surface area contributed by atoms with Crippen LogP contribution in [0.1, 0.15) is 6.42 Å². The molecule has 90 valence electrons. The second-order valence-corrected chi connectivity index (χ2v) is 4.98. The molecule has 0 radical (unpaired) electrons. The van der Waals surface area contributed by atoms with Crippen molar-refractivity contribution in [3.8, 4) is 0 Å². The molecule has 0 bridgehead atoms. The molecule has 0 aliphatic heterocycles. The summed E-state index contributed by atoms with van der Waals surface area (Å²) in [7, 11) is 0. The zero-order valence-electron chi connectivity index (χ0n) is 10.6. The van der Waals surface area contributed by atoms with Crippen LogP contribution in [0.3, 0.4) is 0 Å². The van der Waals surface area contributed by atoms with Crippen molar-refractivity contribution in [3.05, 3.63) is 106 Å². The first-order valence-corrected chi connectivity index (χ1v) is 6.71. The molecular formula is C19H14. The molecule has 19 heavy (non-hydrogen) atoms. The maximum absolute atomic E-state index is 2.36. The summed E-state index contributed by atoms with van der Waals surface area (Å²) in [5.74, 6) is 0. The predicted octanol–water partition coefficient (Wildman–Crippen LogP) is 4.66. The van der Waals surface area contributed by atoms with Crippen LogP contribution in [0.5, 0.6) is 0 Å². The average molecular weight is 242 g/mol. The minimum Gasteiger partial charge on any atom is -0.0716 e. The number of hydrogen-bond donors (Lipinski definition) is 0. The summed E-state index contributed by atoms with van der Waals surface area (Å²) in [5.41, 5.74) is 8.35. The lowest BCUT2D eigenvalue weighted by atomic mass is 9.98. The number of allylic oxidation sites excluding steroid dienone is 18. The van der Waals surface area contributed by atoms with Crippen molar-refractivity contribution in [1.29, 1.82) is 0 Å². The third-order valence-corrected chi connectivity index (χ3v) is 3.90. The third kappa shape index (κ3) is 1.53. The molecule has 4 aliphatic rings. The molecule has 0 amide bonds. The van der Waals surface area contributed by atoms with Crippen LogP contribution in [-0.2, 0) is 0 Å². The average Bonchev–Trinajstić information content (AvgIpc) is 2.84. The Labute approximate surface area is 113 Å². The molecule has 4 rings (SSSR count). The van der Waals surface area contributed by atoms with Crippen molar-refractivity contribution < 1.29 is 0 Å². The summed E-state index contributed by atoms with van der Waals surface area (Å²) in [6, 6.07) is 0. The first-order chi connectivity index (χ1) is 9.45. The van der Waals surface area contributed by atoms with Crippen LogP contribution in [0.4, 0.5) is 0 Å². The van der Waals surface area contributed by atoms with E-state index < -0.39 is 0 Å². The highest BCUT2D eigenvalue weighted by atomic mass is 14.3. The summed E-state index contributed by atoms with van der Waals surface area (Å²) in [6.45, 7) is 0. The van der Waals surface area contributed by atoms with Gasteiger partial charge in [0.25, 0.3) is 0 Å². The smallest absolute Gasteiger partial charge is 0.00668 e. The summed E-state index contributed by atoms with van der Waals surface area (Å²) in [4.78, 5) is 0. The normalized spacial score (nSPS) is 33.9. The molecule has 4 aliphatic carbocycles. The van der Waals surface area contributed by atoms with Crippen molar-refractivity contribution in [2.24, 2.45) is 0 Å². The lowest BCUT2D eigenvalue weighted by molar-refractivity contribution is 1.30. The molecule has 0 nitrogen and oxygen atoms in total. The molecule has 0 saturated heterocycles. The minimum absolute atomic E-state index is 1.05. The maximum atomic E-state index is 2.36. The van der Waals surface area contributed by atoms with Crippen molar-refractivity contribution in [2.45, 2.75) is 6.42 Å². The zero-order valence-corrected chi connectivity index (χ0v) is 10.6. The molecule has 0 aromatic heterocycles. The third-order valence-electron chi connectivity index (χ3n) is 3.90. The van der Waals surface area contributed by atoms with E-state index in [0.717, 1.165) is 6.42 Å². The van der Waals surface area contributed by atoms with Gasteiger partial charge in [-0.25, -0.2) is 0 Å². The first kappa shape index (κ1) is 10.6. The highest BCUT2D eigenvalue weighted by Gasteiger charge is 2.30. The number of rotatable bonds is 0. The maximum Gasteiger partial charge on any atom is -0.00668 e. The van der Waals surface area contributed by atoms with E-state index in [2.05, 4.69) is 72.9 Å². The number of hydrogen-bond acceptors (Lipinski definition) is 0. The van der Waals surface area contributed by atoms with Gasteiger partial charge in [0.05, 0.1) is 0 Å². The fraction of sp³-hybridized carbons (Fsp3) is 0.0526. The lowest BCUT2D eigenvalue weighted by Gasteiger charge is -2.06. The van der Waals surface area contributed by atoms with Crippen molar-refractivity contribution >= 4 is 0 Å². The predicted molar refractivity (Wildman–Crippen MR) is 80.5 cm³/mol. The molecule has 0 saturated carbocycles. The van der Waals surface area contributed by atoms with Gasteiger partial charge in [-0.2, -0.15) is 0 Å². The Hall–Kier alpha value is -2.34. The highest BCUT2D eigenvalue weighted by molar-refractivity contribution is 5.80. The molecule has 0 spiro atoms. The zero-order chi connectivity index (χ0) is 12.7. The quantitative estimate of drug-likeness (QED) is 0.579. The second-order valence-electron chi connectivity index (χ2n) is 4.98. The molecule has 0 heterocycles. The van der Waals surface area contributed by atoms with E-state index >= 15 is 0 Å². The van der Waals surface area contributed by atoms with E-state index in [-0.39, 0.29) is 0 Å². The SMILES string of the molecule is C1=C2C3=C(\C=C/C=C\C=C/3)C3=C2C(=C/C=C\C=C/3)\C1. The fourth-order valence-corrected chi connectivity index (χ4v) is 3.08. The van der Waals surface area contributed by atoms with Crippen LogP contribution in [0.15, 0.2) is 106 Å². The molecule has 0 aromatic carbocycles. The standard InChI is InChI=1S/C19H14/c1-2-6-10-16-15(9-5-1)17-11-7-3-4-8-14-12-13-18(16)19(14)17/h1-11,13H,12H2/b2-1-,4-3-,5-1?,6-2?,7-3?,8-4?,9-5-,10-6-,11-7-,14-8-,15-9?,16-10?,17-11?. The van der Waals surface area contributed by atoms with E-state index in [1.807, 2.05) is 0 Å². The largest absolute Gasteiger partial charge is 0.0716 e. The van der Waals surface area contributed by atoms with Gasteiger partial charge in [-0.1, -0.05) is 72.9 Å². The molecule has 0 heteroatoms. The summed E-state index contributed by atoms with van der Waals surface area (Å²) in [6.07, 6.45) is 27.1. The van der Waals surface area contributed by atoms with E-state index in [9.17, 15) is 0 Å². The Kier molecular flexibility index (Phi) is 2.28. The van der Waals surface area contributed by atoms with Crippen LogP contribution in [0.25, 0.3) is 0 Å². The van der Waals surface area contributed by atoms with Crippen LogP contribution >= 0.6 is 0 Å². The molecule has 0 aromatic rings. The minimum atomic E-state index is 1.05. The van der Waals surface area contributed by atoms with Gasteiger partial charge >= 0.3 is 0 Å². The van der Waals surface area contributed by atoms with Crippen molar-refractivity contribution in [2.75, 3.05) is 0 Å². The van der Waals surface area contributed by atoms with Gasteiger partial charge in [0.1, 0.15) is 0 Å². The molecular weight excluding hydrogens is 228 g/mol. The molecule has 0 fully saturated rings.